The van der Waals surface area contributed by atoms with Gasteiger partial charge < -0.3 is 19.3 Å². The van der Waals surface area contributed by atoms with Gasteiger partial charge in [0.05, 0.1) is 34.8 Å². The van der Waals surface area contributed by atoms with Crippen LogP contribution in [0.5, 0.6) is 0 Å². The maximum atomic E-state index is 14.2. The second kappa shape index (κ2) is 10.4. The monoisotopic (exact) mass is 502 g/mol. The number of aromatic carboxylic acids is 1. The van der Waals surface area contributed by atoms with Gasteiger partial charge in [0.2, 0.25) is 0 Å². The minimum atomic E-state index is -0.949. The molecule has 1 aromatic heterocycles. The Morgan fingerprint density at radius 1 is 1.19 bits per heavy atom. The first-order valence-corrected chi connectivity index (χ1v) is 12.2. The molecule has 1 fully saturated rings. The smallest absolute Gasteiger partial charge is 0.335 e. The minimum Gasteiger partial charge on any atom is -0.478 e. The van der Waals surface area contributed by atoms with Crippen LogP contribution in [0, 0.1) is 17.1 Å². The highest BCUT2D eigenvalue weighted by Gasteiger charge is 2.22. The zero-order valence-corrected chi connectivity index (χ0v) is 20.5. The zero-order valence-electron chi connectivity index (χ0n) is 20.5. The van der Waals surface area contributed by atoms with E-state index in [1.165, 1.54) is 6.07 Å². The number of rotatable bonds is 6. The lowest BCUT2D eigenvalue weighted by molar-refractivity contribution is 0.0697. The van der Waals surface area contributed by atoms with Gasteiger partial charge in [-0.25, -0.2) is 19.2 Å². The van der Waals surface area contributed by atoms with E-state index >= 15 is 0 Å². The van der Waals surface area contributed by atoms with Gasteiger partial charge in [-0.1, -0.05) is 6.07 Å². The lowest BCUT2D eigenvalue weighted by Gasteiger charge is -2.36. The van der Waals surface area contributed by atoms with Crippen LogP contribution >= 0.6 is 0 Å². The molecule has 10 heteroatoms. The Hall–Kier alpha value is -4.23. The molecule has 0 spiro atoms. The number of hydrogen-bond donors (Lipinski definition) is 1. The highest BCUT2D eigenvalue weighted by molar-refractivity contribution is 5.92. The van der Waals surface area contributed by atoms with E-state index in [1.807, 2.05) is 17.7 Å². The lowest BCUT2D eigenvalue weighted by Crippen LogP contribution is -2.45. The number of nitrogens with zero attached hydrogens (tertiary/aromatic N) is 6. The number of aromatic nitrogens is 2. The second-order valence-corrected chi connectivity index (χ2v) is 9.17. The van der Waals surface area contributed by atoms with Gasteiger partial charge in [0.15, 0.2) is 5.90 Å². The number of carboxylic acid groups (broad SMARTS) is 1. The first kappa shape index (κ1) is 24.5. The number of carboxylic acids is 1. The molecule has 0 bridgehead atoms. The first-order chi connectivity index (χ1) is 17.9. The molecule has 2 aliphatic rings. The molecule has 1 N–H and O–H groups in total. The van der Waals surface area contributed by atoms with Crippen molar-refractivity contribution in [3.63, 3.8) is 0 Å². The number of halogens is 1. The average molecular weight is 503 g/mol. The molecule has 3 heterocycles. The van der Waals surface area contributed by atoms with Crippen LogP contribution in [0.4, 0.5) is 4.39 Å². The van der Waals surface area contributed by atoms with Crippen LogP contribution in [0.2, 0.25) is 0 Å². The summed E-state index contributed by atoms with van der Waals surface area (Å²) in [5, 5.41) is 18.2. The van der Waals surface area contributed by atoms with E-state index < -0.39 is 11.8 Å². The summed E-state index contributed by atoms with van der Waals surface area (Å²) in [6.07, 6.45) is 3.58. The molecule has 0 saturated carbocycles. The van der Waals surface area contributed by atoms with Gasteiger partial charge in [-0.15, -0.1) is 0 Å². The number of aliphatic imine (C=N–C) groups is 1. The highest BCUT2D eigenvalue weighted by Crippen LogP contribution is 2.22. The molecule has 0 aliphatic carbocycles. The molecule has 0 amide bonds. The molecule has 9 nitrogen and oxygen atoms in total. The maximum Gasteiger partial charge on any atom is 0.335 e. The molecule has 0 unspecified atom stereocenters. The highest BCUT2D eigenvalue weighted by atomic mass is 19.1. The van der Waals surface area contributed by atoms with Crippen molar-refractivity contribution in [2.24, 2.45) is 12.0 Å². The summed E-state index contributed by atoms with van der Waals surface area (Å²) in [5.41, 5.74) is 2.53. The lowest BCUT2D eigenvalue weighted by atomic mass is 10.1. The Balaban J connectivity index is 1.17. The second-order valence-electron chi connectivity index (χ2n) is 9.17. The normalized spacial score (nSPS) is 16.3. The van der Waals surface area contributed by atoms with E-state index in [2.05, 4.69) is 20.9 Å². The summed E-state index contributed by atoms with van der Waals surface area (Å²) in [6.45, 7) is 4.03. The van der Waals surface area contributed by atoms with Gasteiger partial charge in [-0.2, -0.15) is 5.26 Å². The summed E-state index contributed by atoms with van der Waals surface area (Å²) >= 11 is 0. The van der Waals surface area contributed by atoms with E-state index in [4.69, 9.17) is 15.0 Å². The standard InChI is InChI=1S/C27H27FN6O3/c1-32-23-14-19(27(35)36)7-8-22(23)30-25(32)16-33-9-11-34(12-10-33)24-3-2-4-26(31-24)37-17-20-6-5-18(15-29)13-21(20)28/h3,5-8,13-14H,2,4,9-12,16-17H2,1H3,(H,35,36). The van der Waals surface area contributed by atoms with Gasteiger partial charge in [-0.05, 0) is 42.8 Å². The molecular formula is C27H27FN6O3. The van der Waals surface area contributed by atoms with Crippen molar-refractivity contribution >= 4 is 22.9 Å². The Bertz CT molecular complexity index is 1450. The fourth-order valence-corrected chi connectivity index (χ4v) is 4.60. The number of ether oxygens (including phenoxy) is 1. The maximum absolute atomic E-state index is 14.2. The van der Waals surface area contributed by atoms with Crippen LogP contribution in [0.3, 0.4) is 0 Å². The summed E-state index contributed by atoms with van der Waals surface area (Å²) in [4.78, 5) is 25.3. The predicted octanol–water partition coefficient (Wildman–Crippen LogP) is 3.65. The SMILES string of the molecule is Cn1c(CN2CCN(C3=CCCC(OCc4ccc(C#N)cc4F)=N3)CC2)nc2ccc(C(=O)O)cc21. The topological polar surface area (TPSA) is 107 Å². The van der Waals surface area contributed by atoms with Crippen molar-refractivity contribution in [1.29, 1.82) is 5.26 Å². The van der Waals surface area contributed by atoms with Crippen LogP contribution in [-0.4, -0.2) is 62.5 Å². The van der Waals surface area contributed by atoms with Crippen molar-refractivity contribution in [3.05, 3.63) is 76.6 Å². The van der Waals surface area contributed by atoms with E-state index in [1.54, 1.807) is 30.3 Å². The number of aryl methyl sites for hydroxylation is 1. The molecule has 3 aromatic rings. The Morgan fingerprint density at radius 3 is 2.73 bits per heavy atom. The van der Waals surface area contributed by atoms with Crippen molar-refractivity contribution in [3.8, 4) is 6.07 Å². The number of benzene rings is 2. The van der Waals surface area contributed by atoms with Crippen molar-refractivity contribution in [2.45, 2.75) is 26.0 Å². The Morgan fingerprint density at radius 2 is 2.00 bits per heavy atom. The van der Waals surface area contributed by atoms with Crippen LogP contribution in [0.25, 0.3) is 11.0 Å². The minimum absolute atomic E-state index is 0.0728. The quantitative estimate of drug-likeness (QED) is 0.548. The van der Waals surface area contributed by atoms with Crippen LogP contribution < -0.4 is 0 Å². The van der Waals surface area contributed by atoms with Crippen LogP contribution in [0.1, 0.15) is 40.2 Å². The Kier molecular flexibility index (Phi) is 6.88. The molecule has 0 atom stereocenters. The van der Waals surface area contributed by atoms with Crippen molar-refractivity contribution in [1.82, 2.24) is 19.4 Å². The van der Waals surface area contributed by atoms with Crippen LogP contribution in [0.15, 0.2) is 53.3 Å². The number of nitriles is 1. The number of hydrogen-bond acceptors (Lipinski definition) is 7. The van der Waals surface area contributed by atoms with Gasteiger partial charge in [-0.3, -0.25) is 4.90 Å². The average Bonchev–Trinajstić information content (AvgIpc) is 3.22. The largest absolute Gasteiger partial charge is 0.478 e. The number of imidazole rings is 1. The van der Waals surface area contributed by atoms with Crippen LogP contribution in [-0.2, 0) is 24.9 Å². The molecule has 0 radical (unpaired) electrons. The third-order valence-electron chi connectivity index (χ3n) is 6.78. The van der Waals surface area contributed by atoms with Gasteiger partial charge in [0.1, 0.15) is 24.1 Å². The van der Waals surface area contributed by atoms with Gasteiger partial charge in [0.25, 0.3) is 0 Å². The third-order valence-corrected chi connectivity index (χ3v) is 6.78. The summed E-state index contributed by atoms with van der Waals surface area (Å²) < 4.78 is 21.9. The first-order valence-electron chi connectivity index (χ1n) is 12.2. The number of allylic oxidation sites excluding steroid dienone is 1. The molecule has 190 valence electrons. The predicted molar refractivity (Wildman–Crippen MR) is 135 cm³/mol. The Labute approximate surface area is 213 Å². The van der Waals surface area contributed by atoms with Gasteiger partial charge >= 0.3 is 5.97 Å². The van der Waals surface area contributed by atoms with Gasteiger partial charge in [0, 0.05) is 45.2 Å². The van der Waals surface area contributed by atoms with Crippen molar-refractivity contribution in [2.75, 3.05) is 26.2 Å². The van der Waals surface area contributed by atoms with E-state index in [9.17, 15) is 14.3 Å². The molecule has 2 aromatic carbocycles. The summed E-state index contributed by atoms with van der Waals surface area (Å²) in [7, 11) is 1.92. The fourth-order valence-electron chi connectivity index (χ4n) is 4.60. The summed E-state index contributed by atoms with van der Waals surface area (Å²) in [5.74, 6) is 0.960. The number of fused-ring (bicyclic) bond motifs is 1. The molecule has 37 heavy (non-hydrogen) atoms. The molecule has 5 rings (SSSR count). The molecule has 1 saturated heterocycles. The van der Waals surface area contributed by atoms with Crippen molar-refractivity contribution < 1.29 is 19.0 Å². The zero-order chi connectivity index (χ0) is 25.9. The molecular weight excluding hydrogens is 475 g/mol. The third kappa shape index (κ3) is 5.32. The van der Waals surface area contributed by atoms with E-state index in [0.29, 0.717) is 24.4 Å². The molecule has 2 aliphatic heterocycles. The fraction of sp³-hybridized carbons (Fsp3) is 0.333. The number of carbonyl (C=O) groups is 1. The number of piperazine rings is 1. The van der Waals surface area contributed by atoms with E-state index in [0.717, 1.165) is 55.3 Å². The summed E-state index contributed by atoms with van der Waals surface area (Å²) in [6, 6.07) is 11.3. The van der Waals surface area contributed by atoms with E-state index in [-0.39, 0.29) is 17.7 Å².